The highest BCUT2D eigenvalue weighted by molar-refractivity contribution is 5.84. The van der Waals surface area contributed by atoms with E-state index in [0.29, 0.717) is 5.75 Å². The lowest BCUT2D eigenvalue weighted by Gasteiger charge is -1.92. The van der Waals surface area contributed by atoms with E-state index in [4.69, 9.17) is 0 Å². The topological polar surface area (TPSA) is 51.8 Å². The Morgan fingerprint density at radius 2 is 1.35 bits per heavy atom. The van der Waals surface area contributed by atoms with Gasteiger partial charge >= 0.3 is 0 Å². The van der Waals surface area contributed by atoms with Gasteiger partial charge in [0.2, 0.25) is 0 Å². The van der Waals surface area contributed by atoms with Crippen LogP contribution in [0.25, 0.3) is 21.8 Å². The molecule has 0 saturated carbocycles. The SMILES string of the molecule is Cc1cccc2cc[nH]c12.Oc1cccc2cc[nH]c12. The molecule has 100 valence electrons. The molecule has 2 heterocycles. The average molecular weight is 264 g/mol. The molecule has 2 aromatic carbocycles. The summed E-state index contributed by atoms with van der Waals surface area (Å²) >= 11 is 0. The standard InChI is InChI=1S/C9H9N.C8H7NO/c1-7-3-2-4-8-5-6-10-9(7)8;10-7-3-1-2-6-4-5-9-8(6)7/h2-6,10H,1H3;1-5,9-10H. The fourth-order valence-electron chi connectivity index (χ4n) is 2.31. The van der Waals surface area contributed by atoms with Crippen LogP contribution in [0, 0.1) is 6.92 Å². The number of benzene rings is 2. The number of phenolic OH excluding ortho intramolecular Hbond substituents is 1. The summed E-state index contributed by atoms with van der Waals surface area (Å²) in [5, 5.41) is 11.6. The zero-order chi connectivity index (χ0) is 13.9. The van der Waals surface area contributed by atoms with E-state index in [-0.39, 0.29) is 0 Å². The number of para-hydroxylation sites is 2. The van der Waals surface area contributed by atoms with Gasteiger partial charge in [0.25, 0.3) is 0 Å². The Morgan fingerprint density at radius 3 is 2.00 bits per heavy atom. The average Bonchev–Trinajstić information content (AvgIpc) is 3.08. The number of aromatic nitrogens is 2. The molecule has 0 radical (unpaired) electrons. The Hall–Kier alpha value is -2.68. The zero-order valence-corrected chi connectivity index (χ0v) is 11.2. The molecule has 4 rings (SSSR count). The molecule has 0 atom stereocenters. The van der Waals surface area contributed by atoms with Gasteiger partial charge in [-0.05, 0) is 36.1 Å². The molecule has 2 aromatic heterocycles. The lowest BCUT2D eigenvalue weighted by Crippen LogP contribution is -1.72. The quantitative estimate of drug-likeness (QED) is 0.434. The molecule has 3 N–H and O–H groups in total. The third-order valence-corrected chi connectivity index (χ3v) is 3.36. The second kappa shape index (κ2) is 5.13. The van der Waals surface area contributed by atoms with Gasteiger partial charge in [-0.25, -0.2) is 0 Å². The van der Waals surface area contributed by atoms with Gasteiger partial charge in [0.1, 0.15) is 5.75 Å². The third kappa shape index (κ3) is 2.26. The number of rotatable bonds is 0. The smallest absolute Gasteiger partial charge is 0.139 e. The maximum absolute atomic E-state index is 9.23. The molecule has 0 aliphatic heterocycles. The summed E-state index contributed by atoms with van der Waals surface area (Å²) in [4.78, 5) is 6.13. The molecule has 4 aromatic rings. The summed E-state index contributed by atoms with van der Waals surface area (Å²) in [6.07, 6.45) is 3.78. The van der Waals surface area contributed by atoms with Crippen molar-refractivity contribution in [3.05, 3.63) is 66.5 Å². The molecule has 3 nitrogen and oxygen atoms in total. The van der Waals surface area contributed by atoms with Crippen molar-refractivity contribution in [3.63, 3.8) is 0 Å². The summed E-state index contributed by atoms with van der Waals surface area (Å²) in [5.74, 6) is 0.308. The van der Waals surface area contributed by atoms with Gasteiger partial charge in [0.15, 0.2) is 0 Å². The van der Waals surface area contributed by atoms with E-state index in [0.717, 1.165) is 10.9 Å². The van der Waals surface area contributed by atoms with Crippen LogP contribution in [0.4, 0.5) is 0 Å². The van der Waals surface area contributed by atoms with Gasteiger partial charge in [0.05, 0.1) is 5.52 Å². The van der Waals surface area contributed by atoms with Crippen molar-refractivity contribution in [1.82, 2.24) is 9.97 Å². The van der Waals surface area contributed by atoms with Gasteiger partial charge in [-0.3, -0.25) is 0 Å². The van der Waals surface area contributed by atoms with Crippen LogP contribution in [0.15, 0.2) is 60.9 Å². The van der Waals surface area contributed by atoms with E-state index in [1.807, 2.05) is 30.6 Å². The highest BCUT2D eigenvalue weighted by atomic mass is 16.3. The first-order valence-electron chi connectivity index (χ1n) is 6.53. The lowest BCUT2D eigenvalue weighted by atomic mass is 10.2. The highest BCUT2D eigenvalue weighted by Crippen LogP contribution is 2.21. The van der Waals surface area contributed by atoms with E-state index < -0.39 is 0 Å². The number of aryl methyl sites for hydroxylation is 1. The maximum atomic E-state index is 9.23. The second-order valence-corrected chi connectivity index (χ2v) is 4.74. The number of aromatic hydroxyl groups is 1. The first kappa shape index (κ1) is 12.4. The van der Waals surface area contributed by atoms with Crippen LogP contribution in [0.5, 0.6) is 5.75 Å². The third-order valence-electron chi connectivity index (χ3n) is 3.36. The van der Waals surface area contributed by atoms with Crippen molar-refractivity contribution >= 4 is 21.8 Å². The Labute approximate surface area is 116 Å². The summed E-state index contributed by atoms with van der Waals surface area (Å²) in [7, 11) is 0. The summed E-state index contributed by atoms with van der Waals surface area (Å²) in [6, 6.07) is 15.7. The van der Waals surface area contributed by atoms with E-state index in [9.17, 15) is 5.11 Å². The molecule has 0 spiro atoms. The van der Waals surface area contributed by atoms with E-state index in [2.05, 4.69) is 41.2 Å². The minimum atomic E-state index is 0.308. The molecule has 0 fully saturated rings. The molecule has 0 saturated heterocycles. The van der Waals surface area contributed by atoms with Crippen molar-refractivity contribution in [1.29, 1.82) is 0 Å². The fourth-order valence-corrected chi connectivity index (χ4v) is 2.31. The molecule has 0 aliphatic rings. The lowest BCUT2D eigenvalue weighted by molar-refractivity contribution is 0.480. The first-order valence-corrected chi connectivity index (χ1v) is 6.53. The van der Waals surface area contributed by atoms with Gasteiger partial charge < -0.3 is 15.1 Å². The predicted octanol–water partition coefficient (Wildman–Crippen LogP) is 4.35. The van der Waals surface area contributed by atoms with Crippen molar-refractivity contribution in [2.45, 2.75) is 6.92 Å². The number of nitrogens with one attached hydrogen (secondary N) is 2. The maximum Gasteiger partial charge on any atom is 0.139 e. The molecular weight excluding hydrogens is 248 g/mol. The number of fused-ring (bicyclic) bond motifs is 2. The van der Waals surface area contributed by atoms with Crippen LogP contribution in [0.1, 0.15) is 5.56 Å². The van der Waals surface area contributed by atoms with Crippen LogP contribution in [0.3, 0.4) is 0 Å². The zero-order valence-electron chi connectivity index (χ0n) is 11.2. The Morgan fingerprint density at radius 1 is 0.750 bits per heavy atom. The van der Waals surface area contributed by atoms with Crippen LogP contribution in [-0.4, -0.2) is 15.1 Å². The van der Waals surface area contributed by atoms with Crippen LogP contribution >= 0.6 is 0 Å². The van der Waals surface area contributed by atoms with Crippen LogP contribution in [-0.2, 0) is 0 Å². The van der Waals surface area contributed by atoms with Gasteiger partial charge in [-0.2, -0.15) is 0 Å². The largest absolute Gasteiger partial charge is 0.506 e. The minimum Gasteiger partial charge on any atom is -0.506 e. The van der Waals surface area contributed by atoms with Crippen molar-refractivity contribution in [2.24, 2.45) is 0 Å². The van der Waals surface area contributed by atoms with E-state index in [1.54, 1.807) is 6.07 Å². The number of hydrogen-bond donors (Lipinski definition) is 3. The summed E-state index contributed by atoms with van der Waals surface area (Å²) in [6.45, 7) is 2.11. The van der Waals surface area contributed by atoms with Gasteiger partial charge in [-0.1, -0.05) is 30.3 Å². The fraction of sp³-hybridized carbons (Fsp3) is 0.0588. The number of H-pyrrole nitrogens is 2. The van der Waals surface area contributed by atoms with Crippen LogP contribution in [0.2, 0.25) is 0 Å². The molecule has 3 heteroatoms. The number of aromatic amines is 2. The Kier molecular flexibility index (Phi) is 3.17. The molecule has 0 aliphatic carbocycles. The Balaban J connectivity index is 0.000000121. The molecular formula is C17H16N2O. The minimum absolute atomic E-state index is 0.308. The molecule has 20 heavy (non-hydrogen) atoms. The number of phenols is 1. The van der Waals surface area contributed by atoms with E-state index >= 15 is 0 Å². The first-order chi connectivity index (χ1) is 9.75. The Bertz CT molecular complexity index is 770. The van der Waals surface area contributed by atoms with Crippen molar-refractivity contribution < 1.29 is 5.11 Å². The van der Waals surface area contributed by atoms with Gasteiger partial charge in [-0.15, -0.1) is 0 Å². The van der Waals surface area contributed by atoms with Crippen LogP contribution < -0.4 is 0 Å². The molecule has 0 unspecified atom stereocenters. The predicted molar refractivity (Wildman–Crippen MR) is 83.0 cm³/mol. The number of hydrogen-bond acceptors (Lipinski definition) is 1. The van der Waals surface area contributed by atoms with Crippen molar-refractivity contribution in [3.8, 4) is 5.75 Å². The molecule has 0 amide bonds. The second-order valence-electron chi connectivity index (χ2n) is 4.74. The summed E-state index contributed by atoms with van der Waals surface area (Å²) < 4.78 is 0. The highest BCUT2D eigenvalue weighted by Gasteiger charge is 1.96. The van der Waals surface area contributed by atoms with Crippen molar-refractivity contribution in [2.75, 3.05) is 0 Å². The molecule has 0 bridgehead atoms. The normalized spacial score (nSPS) is 10.4. The summed E-state index contributed by atoms with van der Waals surface area (Å²) in [5.41, 5.74) is 3.37. The van der Waals surface area contributed by atoms with Gasteiger partial charge in [0, 0.05) is 23.3 Å². The monoisotopic (exact) mass is 264 g/mol. The van der Waals surface area contributed by atoms with E-state index in [1.165, 1.54) is 16.5 Å².